The molecule has 0 fully saturated rings. The van der Waals surface area contributed by atoms with Crippen molar-refractivity contribution in [2.45, 2.75) is 26.1 Å². The third-order valence-electron chi connectivity index (χ3n) is 3.36. The Morgan fingerprint density at radius 3 is 1.24 bits per heavy atom. The molecule has 2 atom stereocenters. The minimum atomic E-state index is -0.755. The van der Waals surface area contributed by atoms with E-state index < -0.39 is 33.2 Å². The maximum absolute atomic E-state index is 10.7. The SMILES string of the molecule is CC(O)/C=C/C(C)O.O=C(Cl)c1cc(O)cc(C(=O)Cl)c1.O=C(Cl)c1cccc(C(=O)Cl)c1. The largest absolute Gasteiger partial charge is 0.508 e. The minimum Gasteiger partial charge on any atom is -0.508 e. The lowest BCUT2D eigenvalue weighted by Gasteiger charge is -1.98. The molecule has 7 nitrogen and oxygen atoms in total. The van der Waals surface area contributed by atoms with Gasteiger partial charge in [0.25, 0.3) is 21.0 Å². The Labute approximate surface area is 210 Å². The maximum atomic E-state index is 10.7. The first kappa shape index (κ1) is 30.7. The summed E-state index contributed by atoms with van der Waals surface area (Å²) in [6, 6.07) is 9.44. The fraction of sp³-hybridized carbons (Fsp3) is 0.182. The number of rotatable bonds is 6. The number of carbonyl (C=O) groups is 4. The molecule has 11 heteroatoms. The van der Waals surface area contributed by atoms with Crippen LogP contribution >= 0.6 is 46.4 Å². The molecule has 0 aliphatic heterocycles. The van der Waals surface area contributed by atoms with Crippen molar-refractivity contribution in [3.63, 3.8) is 0 Å². The normalized spacial score (nSPS) is 11.9. The molecule has 0 spiro atoms. The minimum absolute atomic E-state index is 0.0330. The molecule has 2 unspecified atom stereocenters. The number of phenols is 1. The quantitative estimate of drug-likeness (QED) is 0.353. The molecule has 33 heavy (non-hydrogen) atoms. The molecule has 0 amide bonds. The van der Waals surface area contributed by atoms with E-state index in [-0.39, 0.29) is 28.0 Å². The van der Waals surface area contributed by atoms with Gasteiger partial charge in [-0.05, 0) is 84.5 Å². The predicted octanol–water partition coefficient (Wildman–Crippen LogP) is 4.90. The van der Waals surface area contributed by atoms with Crippen molar-refractivity contribution in [2.24, 2.45) is 0 Å². The molecule has 2 rings (SSSR count). The second kappa shape index (κ2) is 15.6. The monoisotopic (exact) mass is 536 g/mol. The molecule has 0 aliphatic carbocycles. The Morgan fingerprint density at radius 1 is 0.667 bits per heavy atom. The predicted molar refractivity (Wildman–Crippen MR) is 128 cm³/mol. The number of benzene rings is 2. The molecule has 0 saturated carbocycles. The Hall–Kier alpha value is -2.26. The zero-order valence-electron chi connectivity index (χ0n) is 17.3. The lowest BCUT2D eigenvalue weighted by molar-refractivity contribution is 0.106. The summed E-state index contributed by atoms with van der Waals surface area (Å²) in [6.07, 6.45) is 2.18. The molecule has 0 aliphatic rings. The van der Waals surface area contributed by atoms with Crippen LogP contribution in [-0.4, -0.2) is 48.5 Å². The summed E-state index contributed by atoms with van der Waals surface area (Å²) in [4.78, 5) is 42.6. The number of carbonyl (C=O) groups excluding carboxylic acids is 4. The molecule has 178 valence electrons. The van der Waals surface area contributed by atoms with Gasteiger partial charge in [0.1, 0.15) is 5.75 Å². The zero-order chi connectivity index (χ0) is 25.7. The molecular weight excluding hydrogens is 518 g/mol. The summed E-state index contributed by atoms with van der Waals surface area (Å²) in [7, 11) is 0. The van der Waals surface area contributed by atoms with Gasteiger partial charge in [-0.1, -0.05) is 30.4 Å². The van der Waals surface area contributed by atoms with Gasteiger partial charge in [-0.25, -0.2) is 0 Å². The third kappa shape index (κ3) is 13.8. The lowest BCUT2D eigenvalue weighted by Crippen LogP contribution is -1.97. The second-order valence-corrected chi connectivity index (χ2v) is 7.68. The molecule has 0 radical (unpaired) electrons. The van der Waals surface area contributed by atoms with E-state index in [4.69, 9.17) is 61.7 Å². The van der Waals surface area contributed by atoms with E-state index in [1.54, 1.807) is 32.1 Å². The van der Waals surface area contributed by atoms with Crippen LogP contribution in [0.25, 0.3) is 0 Å². The van der Waals surface area contributed by atoms with Gasteiger partial charge >= 0.3 is 0 Å². The van der Waals surface area contributed by atoms with Gasteiger partial charge in [0.2, 0.25) is 0 Å². The van der Waals surface area contributed by atoms with E-state index >= 15 is 0 Å². The fourth-order valence-electron chi connectivity index (χ4n) is 1.92. The summed E-state index contributed by atoms with van der Waals surface area (Å²) >= 11 is 20.7. The Balaban J connectivity index is 0.000000480. The number of aliphatic hydroxyl groups excluding tert-OH is 2. The van der Waals surface area contributed by atoms with Crippen molar-refractivity contribution < 1.29 is 34.5 Å². The number of aromatic hydroxyl groups is 1. The Bertz CT molecular complexity index is 946. The second-order valence-electron chi connectivity index (χ2n) is 6.31. The summed E-state index contributed by atoms with van der Waals surface area (Å²) in [5.74, 6) is -0.226. The van der Waals surface area contributed by atoms with Gasteiger partial charge in [0, 0.05) is 22.3 Å². The van der Waals surface area contributed by atoms with Crippen LogP contribution in [0.4, 0.5) is 0 Å². The molecular formula is C22H20Cl4O7. The average molecular weight is 538 g/mol. The van der Waals surface area contributed by atoms with Gasteiger partial charge in [0.05, 0.1) is 12.2 Å². The van der Waals surface area contributed by atoms with Crippen LogP contribution in [0.15, 0.2) is 54.6 Å². The van der Waals surface area contributed by atoms with Crippen LogP contribution in [0.3, 0.4) is 0 Å². The summed E-state index contributed by atoms with van der Waals surface area (Å²) in [5.41, 5.74) is 0.600. The number of hydrogen-bond acceptors (Lipinski definition) is 7. The summed E-state index contributed by atoms with van der Waals surface area (Å²) in [6.45, 7) is 3.28. The molecule has 2 aromatic carbocycles. The van der Waals surface area contributed by atoms with Gasteiger partial charge in [0.15, 0.2) is 0 Å². The van der Waals surface area contributed by atoms with E-state index in [2.05, 4.69) is 0 Å². The van der Waals surface area contributed by atoms with Gasteiger partial charge in [-0.15, -0.1) is 0 Å². The van der Waals surface area contributed by atoms with E-state index in [1.165, 1.54) is 24.3 Å². The molecule has 3 N–H and O–H groups in total. The van der Waals surface area contributed by atoms with Gasteiger partial charge in [-0.3, -0.25) is 19.2 Å². The number of halogens is 4. The number of phenolic OH excluding ortho intramolecular Hbond substituents is 1. The number of hydrogen-bond donors (Lipinski definition) is 3. The lowest BCUT2D eigenvalue weighted by atomic mass is 10.1. The van der Waals surface area contributed by atoms with Crippen molar-refractivity contribution in [1.82, 2.24) is 0 Å². The van der Waals surface area contributed by atoms with Crippen molar-refractivity contribution in [2.75, 3.05) is 0 Å². The van der Waals surface area contributed by atoms with Crippen LogP contribution in [-0.2, 0) is 0 Å². The first-order chi connectivity index (χ1) is 15.2. The van der Waals surface area contributed by atoms with Crippen molar-refractivity contribution in [1.29, 1.82) is 0 Å². The first-order valence-electron chi connectivity index (χ1n) is 9.02. The highest BCUT2D eigenvalue weighted by Crippen LogP contribution is 2.18. The van der Waals surface area contributed by atoms with Crippen LogP contribution in [0, 0.1) is 0 Å². The highest BCUT2D eigenvalue weighted by molar-refractivity contribution is 6.69. The molecule has 0 heterocycles. The van der Waals surface area contributed by atoms with Crippen LogP contribution < -0.4 is 0 Å². The molecule has 0 aromatic heterocycles. The molecule has 0 bridgehead atoms. The highest BCUT2D eigenvalue weighted by Gasteiger charge is 2.09. The topological polar surface area (TPSA) is 129 Å². The van der Waals surface area contributed by atoms with Crippen molar-refractivity contribution >= 4 is 67.4 Å². The average Bonchev–Trinajstić information content (AvgIpc) is 2.72. The highest BCUT2D eigenvalue weighted by atomic mass is 35.5. The van der Waals surface area contributed by atoms with Gasteiger partial charge in [-0.2, -0.15) is 0 Å². The van der Waals surface area contributed by atoms with Crippen LogP contribution in [0.2, 0.25) is 0 Å². The maximum Gasteiger partial charge on any atom is 0.252 e. The Kier molecular flexibility index (Phi) is 14.5. The standard InChI is InChI=1S/C8H4Cl2O3.C8H4Cl2O2.C6H12O2/c9-7(12)4-1-5(8(10)13)3-6(11)2-4;9-7(11)5-2-1-3-6(4-5)8(10)12;1-5(7)3-4-6(2)8/h1-3,11H;1-4H;3-8H,1-2H3/b;;4-3+. The fourth-order valence-corrected chi connectivity index (χ4v) is 2.38. The first-order valence-corrected chi connectivity index (χ1v) is 10.5. The van der Waals surface area contributed by atoms with Crippen LogP contribution in [0.1, 0.15) is 55.3 Å². The van der Waals surface area contributed by atoms with E-state index in [0.717, 1.165) is 12.1 Å². The summed E-state index contributed by atoms with van der Waals surface area (Å²) in [5, 5.41) is 23.6. The third-order valence-corrected chi connectivity index (χ3v) is 4.23. The van der Waals surface area contributed by atoms with Crippen molar-refractivity contribution in [3.8, 4) is 5.75 Å². The van der Waals surface area contributed by atoms with E-state index in [0.29, 0.717) is 0 Å². The zero-order valence-corrected chi connectivity index (χ0v) is 20.4. The Morgan fingerprint density at radius 2 is 0.970 bits per heavy atom. The smallest absolute Gasteiger partial charge is 0.252 e. The van der Waals surface area contributed by atoms with Gasteiger partial charge < -0.3 is 15.3 Å². The van der Waals surface area contributed by atoms with E-state index in [1.807, 2.05) is 0 Å². The van der Waals surface area contributed by atoms with Crippen LogP contribution in [0.5, 0.6) is 5.75 Å². The van der Waals surface area contributed by atoms with Crippen molar-refractivity contribution in [3.05, 3.63) is 76.9 Å². The molecule has 0 saturated heterocycles. The van der Waals surface area contributed by atoms with E-state index in [9.17, 15) is 19.2 Å². The molecule has 2 aromatic rings. The summed E-state index contributed by atoms with van der Waals surface area (Å²) < 4.78 is 0. The number of aliphatic hydroxyl groups is 2.